The predicted octanol–water partition coefficient (Wildman–Crippen LogP) is 2.29. The molecule has 1 aliphatic carbocycles. The molecule has 0 saturated carbocycles. The van der Waals surface area contributed by atoms with E-state index in [4.69, 9.17) is 16.3 Å². The lowest BCUT2D eigenvalue weighted by Gasteiger charge is -2.01. The van der Waals surface area contributed by atoms with Crippen molar-refractivity contribution in [3.05, 3.63) is 50.2 Å². The Bertz CT molecular complexity index is 682. The second-order valence-corrected chi connectivity index (χ2v) is 4.73. The second kappa shape index (κ2) is 4.63. The fourth-order valence-corrected chi connectivity index (χ4v) is 2.42. The first-order valence-electron chi connectivity index (χ1n) is 4.96. The van der Waals surface area contributed by atoms with Crippen molar-refractivity contribution < 1.29 is 4.79 Å². The number of nitriles is 2. The highest BCUT2D eigenvalue weighted by atomic mass is 127. The lowest BCUT2D eigenvalue weighted by Crippen LogP contribution is -2.03. The van der Waals surface area contributed by atoms with Gasteiger partial charge in [0, 0.05) is 11.1 Å². The van der Waals surface area contributed by atoms with E-state index >= 15 is 0 Å². The normalized spacial score (nSPS) is 15.7. The van der Waals surface area contributed by atoms with Crippen molar-refractivity contribution in [2.45, 2.75) is 0 Å². The van der Waals surface area contributed by atoms with Crippen molar-refractivity contribution in [2.75, 3.05) is 0 Å². The summed E-state index contributed by atoms with van der Waals surface area (Å²) in [5.41, 5.74) is 7.26. The van der Waals surface area contributed by atoms with Crippen molar-refractivity contribution in [2.24, 2.45) is 5.73 Å². The molecule has 0 heterocycles. The van der Waals surface area contributed by atoms with Gasteiger partial charge in [0.25, 0.3) is 0 Å². The minimum atomic E-state index is -0.240. The first-order valence-corrected chi connectivity index (χ1v) is 6.04. The molecule has 0 aliphatic heterocycles. The monoisotopic (exact) mass is 347 g/mol. The van der Waals surface area contributed by atoms with Crippen LogP contribution in [-0.4, -0.2) is 5.78 Å². The third-order valence-corrected chi connectivity index (χ3v) is 3.17. The van der Waals surface area contributed by atoms with Gasteiger partial charge in [-0.3, -0.25) is 4.79 Å². The Hall–Kier alpha value is -2.12. The van der Waals surface area contributed by atoms with Crippen LogP contribution in [-0.2, 0) is 0 Å². The first-order chi connectivity index (χ1) is 8.61. The molecule has 1 aromatic rings. The molecule has 5 heteroatoms. The van der Waals surface area contributed by atoms with E-state index in [1.54, 1.807) is 24.3 Å². The van der Waals surface area contributed by atoms with E-state index in [2.05, 4.69) is 0 Å². The summed E-state index contributed by atoms with van der Waals surface area (Å²) in [6.45, 7) is 0. The molecule has 1 aromatic carbocycles. The van der Waals surface area contributed by atoms with E-state index in [0.29, 0.717) is 16.7 Å². The Morgan fingerprint density at radius 3 is 2.17 bits per heavy atom. The zero-order chi connectivity index (χ0) is 13.3. The summed E-state index contributed by atoms with van der Waals surface area (Å²) in [4.78, 5) is 12.2. The lowest BCUT2D eigenvalue weighted by atomic mass is 10.0. The maximum absolute atomic E-state index is 12.2. The third kappa shape index (κ3) is 1.69. The van der Waals surface area contributed by atoms with Crippen LogP contribution in [0.15, 0.2) is 39.1 Å². The molecule has 0 aromatic heterocycles. The van der Waals surface area contributed by atoms with Crippen molar-refractivity contribution >= 4 is 33.9 Å². The fourth-order valence-electron chi connectivity index (χ4n) is 1.91. The molecule has 2 rings (SSSR count). The molecule has 2 N–H and O–H groups in total. The molecule has 0 atom stereocenters. The summed E-state index contributed by atoms with van der Waals surface area (Å²) in [5, 5.41) is 18.0. The Balaban J connectivity index is 2.92. The molecule has 0 amide bonds. The largest absolute Gasteiger partial charge is 0.393 e. The number of Topliss-reactive ketones (excluding diaryl/α,β-unsaturated/α-hetero) is 1. The predicted molar refractivity (Wildman–Crippen MR) is 74.2 cm³/mol. The third-order valence-electron chi connectivity index (χ3n) is 2.63. The Labute approximate surface area is 117 Å². The van der Waals surface area contributed by atoms with Gasteiger partial charge in [-0.05, 0) is 28.2 Å². The van der Waals surface area contributed by atoms with Gasteiger partial charge in [0.05, 0.1) is 9.28 Å². The summed E-state index contributed by atoms with van der Waals surface area (Å²) in [7, 11) is 0. The van der Waals surface area contributed by atoms with Gasteiger partial charge >= 0.3 is 0 Å². The van der Waals surface area contributed by atoms with Crippen LogP contribution in [0.1, 0.15) is 15.9 Å². The fraction of sp³-hybridized carbons (Fsp3) is 0. The van der Waals surface area contributed by atoms with Gasteiger partial charge in [0.2, 0.25) is 0 Å². The first kappa shape index (κ1) is 12.3. The Morgan fingerprint density at radius 2 is 1.67 bits per heavy atom. The zero-order valence-corrected chi connectivity index (χ0v) is 11.2. The van der Waals surface area contributed by atoms with Crippen molar-refractivity contribution in [3.8, 4) is 12.1 Å². The van der Waals surface area contributed by atoms with Crippen LogP contribution in [0.5, 0.6) is 0 Å². The smallest absolute Gasteiger partial charge is 0.196 e. The van der Waals surface area contributed by atoms with Crippen LogP contribution in [0.3, 0.4) is 0 Å². The number of carbonyl (C=O) groups excluding carboxylic acids is 1. The number of hydrogen-bond acceptors (Lipinski definition) is 4. The number of carbonyl (C=O) groups is 1. The Kier molecular flexibility index (Phi) is 3.17. The van der Waals surface area contributed by atoms with Gasteiger partial charge in [-0.2, -0.15) is 10.5 Å². The highest BCUT2D eigenvalue weighted by molar-refractivity contribution is 14.1. The number of rotatable bonds is 0. The molecule has 4 nitrogen and oxygen atoms in total. The van der Waals surface area contributed by atoms with E-state index in [9.17, 15) is 4.79 Å². The van der Waals surface area contributed by atoms with Crippen LogP contribution in [0, 0.1) is 22.7 Å². The van der Waals surface area contributed by atoms with Gasteiger partial charge in [0.15, 0.2) is 5.78 Å². The standard InChI is InChI=1S/C13H6IN3O/c14-13(17)11-10(7(5-15)6-16)8-3-1-2-4-9(8)12(11)18/h1-4H,17H2/b13-11+. The number of benzene rings is 1. The summed E-state index contributed by atoms with van der Waals surface area (Å²) in [6, 6.07) is 10.5. The number of hydrogen-bond donors (Lipinski definition) is 1. The number of halogens is 1. The van der Waals surface area contributed by atoms with Crippen molar-refractivity contribution in [3.63, 3.8) is 0 Å². The summed E-state index contributed by atoms with van der Waals surface area (Å²) < 4.78 is 0.284. The topological polar surface area (TPSA) is 90.7 Å². The van der Waals surface area contributed by atoms with Crippen molar-refractivity contribution in [1.82, 2.24) is 0 Å². The van der Waals surface area contributed by atoms with E-state index in [-0.39, 0.29) is 20.6 Å². The molecular weight excluding hydrogens is 341 g/mol. The highest BCUT2D eigenvalue weighted by Gasteiger charge is 2.33. The molecule has 0 spiro atoms. The molecule has 1 aliphatic rings. The van der Waals surface area contributed by atoms with Crippen molar-refractivity contribution in [1.29, 1.82) is 10.5 Å². The number of allylic oxidation sites excluding steroid dienone is 3. The van der Waals surface area contributed by atoms with Crippen LogP contribution in [0.25, 0.3) is 5.57 Å². The number of nitrogens with zero attached hydrogens (tertiary/aromatic N) is 2. The Morgan fingerprint density at radius 1 is 1.11 bits per heavy atom. The molecule has 0 bridgehead atoms. The second-order valence-electron chi connectivity index (χ2n) is 3.57. The molecule has 0 unspecified atom stereocenters. The quantitative estimate of drug-likeness (QED) is 0.337. The van der Waals surface area contributed by atoms with E-state index in [1.807, 2.05) is 34.7 Å². The van der Waals surface area contributed by atoms with Gasteiger partial charge in [-0.15, -0.1) is 0 Å². The zero-order valence-electron chi connectivity index (χ0n) is 9.07. The summed E-state index contributed by atoms with van der Waals surface area (Å²) in [6.07, 6.45) is 0. The molecule has 0 saturated heterocycles. The average molecular weight is 347 g/mol. The molecule has 86 valence electrons. The maximum atomic E-state index is 12.2. The van der Waals surface area contributed by atoms with E-state index in [0.717, 1.165) is 0 Å². The van der Waals surface area contributed by atoms with Crippen LogP contribution in [0.2, 0.25) is 0 Å². The molecule has 0 fully saturated rings. The molecule has 0 radical (unpaired) electrons. The van der Waals surface area contributed by atoms with Gasteiger partial charge in [-0.25, -0.2) is 0 Å². The lowest BCUT2D eigenvalue weighted by molar-refractivity contribution is 0.104. The van der Waals surface area contributed by atoms with E-state index in [1.165, 1.54) is 0 Å². The molecule has 18 heavy (non-hydrogen) atoms. The maximum Gasteiger partial charge on any atom is 0.196 e. The van der Waals surface area contributed by atoms with Gasteiger partial charge in [0.1, 0.15) is 17.7 Å². The summed E-state index contributed by atoms with van der Waals surface area (Å²) in [5.74, 6) is -0.240. The molecular formula is C13H6IN3O. The number of fused-ring (bicyclic) bond motifs is 1. The van der Waals surface area contributed by atoms with Gasteiger partial charge < -0.3 is 5.73 Å². The van der Waals surface area contributed by atoms with Crippen LogP contribution >= 0.6 is 22.6 Å². The minimum absolute atomic E-state index is 0.0945. The number of nitrogens with two attached hydrogens (primary N) is 1. The number of ketones is 1. The van der Waals surface area contributed by atoms with Crippen LogP contribution in [0.4, 0.5) is 0 Å². The SMILES string of the molecule is N#CC(C#N)=C1/C(=C(\N)I)C(=O)c2ccccc21. The average Bonchev–Trinajstić information content (AvgIpc) is 2.66. The van der Waals surface area contributed by atoms with Crippen LogP contribution < -0.4 is 5.73 Å². The minimum Gasteiger partial charge on any atom is -0.393 e. The highest BCUT2D eigenvalue weighted by Crippen LogP contribution is 2.40. The van der Waals surface area contributed by atoms with Gasteiger partial charge in [-0.1, -0.05) is 24.3 Å². The van der Waals surface area contributed by atoms with E-state index < -0.39 is 0 Å². The summed E-state index contributed by atoms with van der Waals surface area (Å²) >= 11 is 1.82.